The lowest BCUT2D eigenvalue weighted by Gasteiger charge is -2.21. The number of hydrogen-bond acceptors (Lipinski definition) is 3. The highest BCUT2D eigenvalue weighted by Crippen LogP contribution is 2.51. The Hall–Kier alpha value is -1.58. The Labute approximate surface area is 127 Å². The molecule has 4 nitrogen and oxygen atoms in total. The van der Waals surface area contributed by atoms with Crippen LogP contribution in [0.25, 0.3) is 0 Å². The first-order valence-corrected chi connectivity index (χ1v) is 7.70. The number of nitrogens with zero attached hydrogens (tertiary/aromatic N) is 1. The van der Waals surface area contributed by atoms with Gasteiger partial charge in [0, 0.05) is 23.2 Å². The van der Waals surface area contributed by atoms with Crippen LogP contribution in [-0.2, 0) is 5.41 Å². The second kappa shape index (κ2) is 5.32. The Balaban J connectivity index is 2.11. The molecule has 0 unspecified atom stereocenters. The number of nitrogens with one attached hydrogen (secondary N) is 1. The molecule has 3 N–H and O–H groups in total. The van der Waals surface area contributed by atoms with Crippen molar-refractivity contribution >= 4 is 11.7 Å². The van der Waals surface area contributed by atoms with Crippen molar-refractivity contribution in [3.63, 3.8) is 0 Å². The summed E-state index contributed by atoms with van der Waals surface area (Å²) in [6, 6.07) is 3.50. The number of pyridine rings is 1. The van der Waals surface area contributed by atoms with E-state index in [1.807, 2.05) is 6.07 Å². The van der Waals surface area contributed by atoms with E-state index in [9.17, 15) is 4.79 Å². The highest BCUT2D eigenvalue weighted by molar-refractivity contribution is 5.95. The van der Waals surface area contributed by atoms with E-state index in [1.165, 1.54) is 12.8 Å². The van der Waals surface area contributed by atoms with E-state index in [0.29, 0.717) is 22.7 Å². The van der Waals surface area contributed by atoms with Gasteiger partial charge in [-0.25, -0.2) is 4.98 Å². The van der Waals surface area contributed by atoms with Gasteiger partial charge in [0.25, 0.3) is 5.91 Å². The van der Waals surface area contributed by atoms with Gasteiger partial charge in [-0.3, -0.25) is 4.79 Å². The molecule has 1 fully saturated rings. The van der Waals surface area contributed by atoms with Crippen LogP contribution in [0.5, 0.6) is 0 Å². The number of aromatic nitrogens is 1. The molecule has 0 bridgehead atoms. The minimum absolute atomic E-state index is 0.0541. The molecule has 0 saturated heterocycles. The van der Waals surface area contributed by atoms with Crippen LogP contribution in [-0.4, -0.2) is 17.4 Å². The number of carbonyl (C=O) groups excluding carboxylic acids is 1. The maximum absolute atomic E-state index is 12.4. The third-order valence-corrected chi connectivity index (χ3v) is 4.59. The molecule has 1 heterocycles. The van der Waals surface area contributed by atoms with E-state index in [0.717, 1.165) is 12.2 Å². The summed E-state index contributed by atoms with van der Waals surface area (Å²) in [7, 11) is 0. The molecule has 1 aliphatic rings. The summed E-state index contributed by atoms with van der Waals surface area (Å²) >= 11 is 0. The molecule has 1 saturated carbocycles. The highest BCUT2D eigenvalue weighted by Gasteiger charge is 2.45. The lowest BCUT2D eigenvalue weighted by Crippen LogP contribution is -2.33. The van der Waals surface area contributed by atoms with Crippen molar-refractivity contribution in [1.29, 1.82) is 0 Å². The quantitative estimate of drug-likeness (QED) is 0.894. The van der Waals surface area contributed by atoms with Gasteiger partial charge in [-0.1, -0.05) is 34.6 Å². The fourth-order valence-electron chi connectivity index (χ4n) is 2.54. The van der Waals surface area contributed by atoms with Crippen molar-refractivity contribution in [3.8, 4) is 0 Å². The van der Waals surface area contributed by atoms with Crippen LogP contribution in [0, 0.1) is 11.3 Å². The molecule has 4 heteroatoms. The van der Waals surface area contributed by atoms with Gasteiger partial charge in [-0.2, -0.15) is 0 Å². The van der Waals surface area contributed by atoms with Crippen LogP contribution in [0.4, 0.5) is 5.82 Å². The molecule has 0 spiro atoms. The van der Waals surface area contributed by atoms with E-state index in [2.05, 4.69) is 44.9 Å². The van der Waals surface area contributed by atoms with Crippen LogP contribution in [0.2, 0.25) is 0 Å². The summed E-state index contributed by atoms with van der Waals surface area (Å²) in [4.78, 5) is 16.7. The number of amides is 1. The summed E-state index contributed by atoms with van der Waals surface area (Å²) in [5.41, 5.74) is 7.48. The number of anilines is 1. The monoisotopic (exact) mass is 289 g/mol. The zero-order chi connectivity index (χ0) is 15.8. The highest BCUT2D eigenvalue weighted by atomic mass is 16.1. The molecule has 1 aromatic rings. The summed E-state index contributed by atoms with van der Waals surface area (Å²) < 4.78 is 0. The third kappa shape index (κ3) is 3.55. The Morgan fingerprint density at radius 3 is 2.48 bits per heavy atom. The van der Waals surface area contributed by atoms with E-state index >= 15 is 0 Å². The predicted molar refractivity (Wildman–Crippen MR) is 86.2 cm³/mol. The van der Waals surface area contributed by atoms with E-state index in [1.54, 1.807) is 6.07 Å². The van der Waals surface area contributed by atoms with Crippen LogP contribution < -0.4 is 11.1 Å². The average molecular weight is 289 g/mol. The molecule has 0 aliphatic heterocycles. The van der Waals surface area contributed by atoms with E-state index in [4.69, 9.17) is 5.73 Å². The minimum Gasteiger partial charge on any atom is -0.384 e. The van der Waals surface area contributed by atoms with Crippen molar-refractivity contribution in [2.24, 2.45) is 11.3 Å². The number of rotatable bonds is 4. The van der Waals surface area contributed by atoms with Gasteiger partial charge < -0.3 is 11.1 Å². The van der Waals surface area contributed by atoms with Crippen molar-refractivity contribution in [3.05, 3.63) is 23.4 Å². The van der Waals surface area contributed by atoms with E-state index in [-0.39, 0.29) is 11.3 Å². The van der Waals surface area contributed by atoms with Crippen molar-refractivity contribution in [1.82, 2.24) is 10.3 Å². The Morgan fingerprint density at radius 2 is 2.00 bits per heavy atom. The predicted octanol–water partition coefficient (Wildman–Crippen LogP) is 3.13. The number of hydrogen-bond donors (Lipinski definition) is 2. The van der Waals surface area contributed by atoms with Gasteiger partial charge in [0.1, 0.15) is 5.82 Å². The third-order valence-electron chi connectivity index (χ3n) is 4.59. The van der Waals surface area contributed by atoms with Gasteiger partial charge >= 0.3 is 0 Å². The van der Waals surface area contributed by atoms with Crippen molar-refractivity contribution in [2.75, 3.05) is 12.3 Å². The second-order valence-electron chi connectivity index (χ2n) is 7.62. The van der Waals surface area contributed by atoms with Gasteiger partial charge in [0.15, 0.2) is 0 Å². The minimum atomic E-state index is -0.125. The zero-order valence-corrected chi connectivity index (χ0v) is 13.8. The van der Waals surface area contributed by atoms with Crippen molar-refractivity contribution < 1.29 is 4.79 Å². The first kappa shape index (κ1) is 15.8. The number of nitrogens with two attached hydrogens (primary N) is 1. The van der Waals surface area contributed by atoms with Crippen molar-refractivity contribution in [2.45, 2.75) is 52.9 Å². The van der Waals surface area contributed by atoms with E-state index < -0.39 is 0 Å². The maximum Gasteiger partial charge on any atom is 0.251 e. The SMILES string of the molecule is CC(C)C1(CNC(=O)c2cc(N)nc(C(C)(C)C)c2)CC1. The molecular weight excluding hydrogens is 262 g/mol. The molecule has 21 heavy (non-hydrogen) atoms. The maximum atomic E-state index is 12.4. The zero-order valence-electron chi connectivity index (χ0n) is 13.8. The van der Waals surface area contributed by atoms with Gasteiger partial charge in [-0.15, -0.1) is 0 Å². The Kier molecular flexibility index (Phi) is 4.00. The van der Waals surface area contributed by atoms with Crippen LogP contribution in [0.3, 0.4) is 0 Å². The topological polar surface area (TPSA) is 68.0 Å². The smallest absolute Gasteiger partial charge is 0.251 e. The summed E-state index contributed by atoms with van der Waals surface area (Å²) in [5.74, 6) is 0.949. The Morgan fingerprint density at radius 1 is 1.38 bits per heavy atom. The standard InChI is InChI=1S/C17H27N3O/c1-11(2)17(6-7-17)10-19-15(21)12-8-13(16(3,4)5)20-14(18)9-12/h8-9,11H,6-7,10H2,1-5H3,(H2,18,20)(H,19,21). The molecule has 1 aliphatic carbocycles. The lowest BCUT2D eigenvalue weighted by molar-refractivity contribution is 0.0939. The molecule has 0 radical (unpaired) electrons. The number of nitrogen functional groups attached to an aromatic ring is 1. The average Bonchev–Trinajstić information content (AvgIpc) is 3.15. The fraction of sp³-hybridized carbons (Fsp3) is 0.647. The van der Waals surface area contributed by atoms with Gasteiger partial charge in [0.2, 0.25) is 0 Å². The molecule has 1 amide bonds. The Bertz CT molecular complexity index is 539. The second-order valence-corrected chi connectivity index (χ2v) is 7.62. The lowest BCUT2D eigenvalue weighted by atomic mass is 9.90. The van der Waals surface area contributed by atoms with Crippen LogP contribution in [0.15, 0.2) is 12.1 Å². The van der Waals surface area contributed by atoms with Gasteiger partial charge in [-0.05, 0) is 36.3 Å². The summed E-state index contributed by atoms with van der Waals surface area (Å²) in [6.07, 6.45) is 2.41. The molecule has 1 aromatic heterocycles. The molecule has 0 atom stereocenters. The summed E-state index contributed by atoms with van der Waals surface area (Å²) in [6.45, 7) is 11.4. The molecule has 2 rings (SSSR count). The molecule has 0 aromatic carbocycles. The van der Waals surface area contributed by atoms with Crippen LogP contribution in [0.1, 0.15) is 63.5 Å². The largest absolute Gasteiger partial charge is 0.384 e. The fourth-order valence-corrected chi connectivity index (χ4v) is 2.54. The normalized spacial score (nSPS) is 16.9. The molecule has 116 valence electrons. The number of carbonyl (C=O) groups is 1. The first-order valence-electron chi connectivity index (χ1n) is 7.70. The first-order chi connectivity index (χ1) is 9.64. The molecular formula is C17H27N3O. The summed E-state index contributed by atoms with van der Waals surface area (Å²) in [5, 5.41) is 3.07. The van der Waals surface area contributed by atoms with Crippen LogP contribution >= 0.6 is 0 Å². The van der Waals surface area contributed by atoms with Gasteiger partial charge in [0.05, 0.1) is 0 Å².